The molecule has 2 amide bonds. The fraction of sp³-hybridized carbons (Fsp3) is 0.400. The molecule has 11 nitrogen and oxygen atoms in total. The van der Waals surface area contributed by atoms with E-state index < -0.39 is 43.9 Å². The maximum Gasteiger partial charge on any atom is 0.424 e. The first kappa shape index (κ1) is 27.8. The summed E-state index contributed by atoms with van der Waals surface area (Å²) in [4.78, 5) is 48.7. The van der Waals surface area contributed by atoms with Crippen molar-refractivity contribution in [2.45, 2.75) is 64.8 Å². The number of aromatic nitrogens is 3. The van der Waals surface area contributed by atoms with E-state index >= 15 is 0 Å². The maximum atomic E-state index is 13.5. The van der Waals surface area contributed by atoms with Gasteiger partial charge in [-0.1, -0.05) is 18.2 Å². The van der Waals surface area contributed by atoms with Crippen LogP contribution in [0.2, 0.25) is 0 Å². The molecule has 3 aromatic rings. The van der Waals surface area contributed by atoms with Gasteiger partial charge in [-0.25, -0.2) is 23.0 Å². The Morgan fingerprint density at radius 1 is 0.973 bits per heavy atom. The van der Waals surface area contributed by atoms with Crippen LogP contribution in [0.1, 0.15) is 47.1 Å². The lowest BCUT2D eigenvalue weighted by atomic mass is 10.1. The normalized spacial score (nSPS) is 12.3. The minimum Gasteiger partial charge on any atom is -0.443 e. The Morgan fingerprint density at radius 2 is 1.51 bits per heavy atom. The molecule has 1 aromatic carbocycles. The summed E-state index contributed by atoms with van der Waals surface area (Å²) < 4.78 is 36.6. The first-order valence-corrected chi connectivity index (χ1v) is 13.2. The molecule has 37 heavy (non-hydrogen) atoms. The molecule has 0 radical (unpaired) electrons. The highest BCUT2D eigenvalue weighted by Crippen LogP contribution is 2.29. The largest absolute Gasteiger partial charge is 0.443 e. The Balaban J connectivity index is 2.43. The molecule has 0 fully saturated rings. The van der Waals surface area contributed by atoms with Crippen molar-refractivity contribution in [2.75, 3.05) is 11.2 Å². The SMILES string of the molecule is Cc1ccccc1-n1c(=O)cc(N(C(=O)OC(C)(C)C)C(=O)OC(C)(C)C)c2cnc(S(C)(=O)=O)nc21. The number of hydrogen-bond acceptors (Lipinski definition) is 9. The molecule has 0 spiro atoms. The van der Waals surface area contributed by atoms with Crippen LogP contribution in [-0.2, 0) is 19.3 Å². The van der Waals surface area contributed by atoms with Gasteiger partial charge in [0.2, 0.25) is 15.0 Å². The molecule has 0 atom stereocenters. The highest BCUT2D eigenvalue weighted by molar-refractivity contribution is 7.90. The maximum absolute atomic E-state index is 13.5. The van der Waals surface area contributed by atoms with Gasteiger partial charge in [0.1, 0.15) is 11.2 Å². The Bertz CT molecular complexity index is 1520. The van der Waals surface area contributed by atoms with Gasteiger partial charge in [-0.3, -0.25) is 9.36 Å². The van der Waals surface area contributed by atoms with Crippen LogP contribution in [0.25, 0.3) is 16.7 Å². The third-order valence-corrected chi connectivity index (χ3v) is 5.66. The topological polar surface area (TPSA) is 138 Å². The quantitative estimate of drug-likeness (QED) is 0.457. The van der Waals surface area contributed by atoms with E-state index in [2.05, 4.69) is 9.97 Å². The number of carbonyl (C=O) groups is 2. The van der Waals surface area contributed by atoms with Gasteiger partial charge in [0.15, 0.2) is 5.65 Å². The van der Waals surface area contributed by atoms with Crippen molar-refractivity contribution in [1.82, 2.24) is 14.5 Å². The van der Waals surface area contributed by atoms with Crippen LogP contribution in [0.5, 0.6) is 0 Å². The third kappa shape index (κ3) is 6.31. The first-order valence-electron chi connectivity index (χ1n) is 11.3. The van der Waals surface area contributed by atoms with Crippen molar-refractivity contribution in [3.8, 4) is 5.69 Å². The zero-order valence-electron chi connectivity index (χ0n) is 22.0. The average molecular weight is 531 g/mol. The summed E-state index contributed by atoms with van der Waals surface area (Å²) in [5.74, 6) is 0. The van der Waals surface area contributed by atoms with Crippen molar-refractivity contribution in [3.63, 3.8) is 0 Å². The number of carbonyl (C=O) groups excluding carboxylic acids is 2. The van der Waals surface area contributed by atoms with Gasteiger partial charge in [0.25, 0.3) is 5.56 Å². The van der Waals surface area contributed by atoms with Gasteiger partial charge in [0, 0.05) is 18.5 Å². The number of sulfone groups is 1. The van der Waals surface area contributed by atoms with Crippen molar-refractivity contribution in [2.24, 2.45) is 0 Å². The highest BCUT2D eigenvalue weighted by atomic mass is 32.2. The number of anilines is 1. The van der Waals surface area contributed by atoms with Crippen LogP contribution in [0.3, 0.4) is 0 Å². The fourth-order valence-electron chi connectivity index (χ4n) is 3.37. The molecular weight excluding hydrogens is 500 g/mol. The van der Waals surface area contributed by atoms with E-state index in [1.165, 1.54) is 4.57 Å². The van der Waals surface area contributed by atoms with Crippen LogP contribution in [0.4, 0.5) is 15.3 Å². The number of benzene rings is 1. The zero-order chi connectivity index (χ0) is 27.9. The predicted molar refractivity (Wildman–Crippen MR) is 138 cm³/mol. The van der Waals surface area contributed by atoms with Crippen molar-refractivity contribution < 1.29 is 27.5 Å². The van der Waals surface area contributed by atoms with E-state index in [0.29, 0.717) is 16.2 Å². The number of hydrogen-bond donors (Lipinski definition) is 0. The molecular formula is C25H30N4O7S. The molecule has 12 heteroatoms. The van der Waals surface area contributed by atoms with E-state index in [9.17, 15) is 22.8 Å². The minimum atomic E-state index is -3.86. The van der Waals surface area contributed by atoms with Gasteiger partial charge in [-0.15, -0.1) is 0 Å². The molecule has 0 saturated carbocycles. The number of fused-ring (bicyclic) bond motifs is 1. The summed E-state index contributed by atoms with van der Waals surface area (Å²) in [5, 5.41) is -0.480. The predicted octanol–water partition coefficient (Wildman–Crippen LogP) is 4.17. The zero-order valence-corrected chi connectivity index (χ0v) is 22.8. The summed E-state index contributed by atoms with van der Waals surface area (Å²) in [6, 6.07) is 7.99. The number of aryl methyl sites for hydroxylation is 1. The van der Waals surface area contributed by atoms with Crippen LogP contribution in [0, 0.1) is 6.92 Å². The van der Waals surface area contributed by atoms with Gasteiger partial charge in [0.05, 0.1) is 16.8 Å². The first-order chi connectivity index (χ1) is 16.9. The minimum absolute atomic E-state index is 0.0481. The van der Waals surface area contributed by atoms with Gasteiger partial charge in [-0.2, -0.15) is 9.88 Å². The second-order valence-corrected chi connectivity index (χ2v) is 12.4. The molecule has 2 heterocycles. The van der Waals surface area contributed by atoms with E-state index in [4.69, 9.17) is 9.47 Å². The third-order valence-electron chi connectivity index (χ3n) is 4.80. The Labute approximate surface area is 215 Å². The molecule has 198 valence electrons. The molecule has 0 aliphatic carbocycles. The van der Waals surface area contributed by atoms with E-state index in [1.54, 1.807) is 72.7 Å². The summed E-state index contributed by atoms with van der Waals surface area (Å²) in [6.07, 6.45) is -0.113. The van der Waals surface area contributed by atoms with Crippen LogP contribution in [-0.4, -0.2) is 52.6 Å². The number of nitrogens with zero attached hydrogens (tertiary/aromatic N) is 4. The molecule has 0 unspecified atom stereocenters. The molecule has 2 aromatic heterocycles. The second kappa shape index (κ2) is 9.58. The van der Waals surface area contributed by atoms with Crippen LogP contribution >= 0.6 is 0 Å². The number of rotatable bonds is 3. The van der Waals surface area contributed by atoms with E-state index in [0.717, 1.165) is 18.5 Å². The molecule has 0 aliphatic heterocycles. The number of imide groups is 1. The smallest absolute Gasteiger partial charge is 0.424 e. The second-order valence-electron chi connectivity index (χ2n) is 10.4. The Kier molecular flexibility index (Phi) is 7.19. The van der Waals surface area contributed by atoms with Gasteiger partial charge < -0.3 is 9.47 Å². The lowest BCUT2D eigenvalue weighted by Gasteiger charge is -2.29. The highest BCUT2D eigenvalue weighted by Gasteiger charge is 2.35. The van der Waals surface area contributed by atoms with Crippen LogP contribution in [0.15, 0.2) is 46.5 Å². The van der Waals surface area contributed by atoms with Crippen molar-refractivity contribution in [3.05, 3.63) is 52.4 Å². The monoisotopic (exact) mass is 530 g/mol. The number of pyridine rings is 1. The Morgan fingerprint density at radius 3 is 2.00 bits per heavy atom. The van der Waals surface area contributed by atoms with E-state index in [1.807, 2.05) is 0 Å². The lowest BCUT2D eigenvalue weighted by Crippen LogP contribution is -2.44. The number of ether oxygens (including phenoxy) is 2. The molecule has 0 bridgehead atoms. The van der Waals surface area contributed by atoms with Crippen molar-refractivity contribution >= 4 is 38.7 Å². The van der Waals surface area contributed by atoms with E-state index in [-0.39, 0.29) is 16.7 Å². The summed E-state index contributed by atoms with van der Waals surface area (Å²) >= 11 is 0. The average Bonchev–Trinajstić information content (AvgIpc) is 2.71. The number of para-hydroxylation sites is 1. The molecule has 0 N–H and O–H groups in total. The molecule has 3 rings (SSSR count). The van der Waals surface area contributed by atoms with Gasteiger partial charge >= 0.3 is 12.2 Å². The summed E-state index contributed by atoms with van der Waals surface area (Å²) in [5.41, 5.74) is -1.84. The lowest BCUT2D eigenvalue weighted by molar-refractivity contribution is 0.0431. The van der Waals surface area contributed by atoms with Gasteiger partial charge in [-0.05, 0) is 60.1 Å². The molecule has 0 aliphatic rings. The molecule has 0 saturated heterocycles. The summed E-state index contributed by atoms with van der Waals surface area (Å²) in [7, 11) is -3.86. The fourth-order valence-corrected chi connectivity index (χ4v) is 3.87. The number of amides is 2. The van der Waals surface area contributed by atoms with Crippen LogP contribution < -0.4 is 10.5 Å². The van der Waals surface area contributed by atoms with Crippen molar-refractivity contribution in [1.29, 1.82) is 0 Å². The standard InChI is InChI=1S/C25H30N4O7S/c1-15-11-9-10-12-17(15)28-19(30)13-18(16-14-26-21(27-20(16)28)37(8,33)34)29(22(31)35-24(2,3)4)23(32)36-25(5,6)7/h9-14H,1-8H3. The Hall–Kier alpha value is -3.80. The summed E-state index contributed by atoms with van der Waals surface area (Å²) in [6.45, 7) is 11.5.